The maximum Gasteiger partial charge on any atom is 0.410 e. The fraction of sp³-hybridized carbons (Fsp3) is 0.486. The number of ether oxygens (including phenoxy) is 2. The van der Waals surface area contributed by atoms with E-state index in [1.165, 1.54) is 0 Å². The Morgan fingerprint density at radius 3 is 2.56 bits per heavy atom. The van der Waals surface area contributed by atoms with Crippen molar-refractivity contribution in [3.05, 3.63) is 54.3 Å². The molecule has 11 heteroatoms. The van der Waals surface area contributed by atoms with Gasteiger partial charge in [0.1, 0.15) is 35.5 Å². The summed E-state index contributed by atoms with van der Waals surface area (Å²) in [6.07, 6.45) is 2.64. The van der Waals surface area contributed by atoms with Gasteiger partial charge in [-0.25, -0.2) is 13.6 Å². The number of anilines is 1. The average Bonchev–Trinajstić information content (AvgIpc) is 3.65. The number of amides is 1. The lowest BCUT2D eigenvalue weighted by Gasteiger charge is -2.42. The molecule has 0 spiro atoms. The second kappa shape index (κ2) is 11.4. The van der Waals surface area contributed by atoms with Crippen molar-refractivity contribution in [3.8, 4) is 22.9 Å². The van der Waals surface area contributed by atoms with E-state index in [4.69, 9.17) is 14.5 Å². The van der Waals surface area contributed by atoms with E-state index in [1.54, 1.807) is 23.1 Å². The van der Waals surface area contributed by atoms with Gasteiger partial charge in [0.25, 0.3) is 0 Å². The number of alkyl halides is 1. The Labute approximate surface area is 278 Å². The number of hydrogen-bond donors (Lipinski definition) is 1. The van der Waals surface area contributed by atoms with Gasteiger partial charge < -0.3 is 24.4 Å². The molecule has 0 saturated carbocycles. The van der Waals surface area contributed by atoms with E-state index in [1.807, 2.05) is 51.1 Å². The molecule has 3 aromatic carbocycles. The summed E-state index contributed by atoms with van der Waals surface area (Å²) in [5.41, 5.74) is -0.0475. The molecule has 0 aliphatic carbocycles. The van der Waals surface area contributed by atoms with Crippen molar-refractivity contribution < 1.29 is 28.2 Å². The number of fused-ring (bicyclic) bond motifs is 5. The number of hydrogen-bond acceptors (Lipinski definition) is 8. The molecule has 4 saturated heterocycles. The normalized spacial score (nSPS) is 25.6. The highest BCUT2D eigenvalue weighted by Crippen LogP contribution is 2.43. The highest BCUT2D eigenvalue weighted by molar-refractivity contribution is 6.01. The number of nitrogens with zero attached hydrogens (tertiary/aromatic N) is 5. The Balaban J connectivity index is 1.21. The van der Waals surface area contributed by atoms with Gasteiger partial charge in [0, 0.05) is 49.1 Å². The fourth-order valence-corrected chi connectivity index (χ4v) is 8.48. The first-order valence-electron chi connectivity index (χ1n) is 17.0. The van der Waals surface area contributed by atoms with E-state index >= 15 is 4.39 Å². The molecule has 4 aliphatic heterocycles. The van der Waals surface area contributed by atoms with Crippen LogP contribution in [-0.2, 0) is 4.74 Å². The van der Waals surface area contributed by atoms with Crippen LogP contribution in [0, 0.1) is 5.82 Å². The molecule has 1 aromatic heterocycles. The molecule has 48 heavy (non-hydrogen) atoms. The number of phenols is 1. The fourth-order valence-electron chi connectivity index (χ4n) is 8.48. The van der Waals surface area contributed by atoms with Crippen LogP contribution in [-0.4, -0.2) is 93.1 Å². The molecule has 9 nitrogen and oxygen atoms in total. The Morgan fingerprint density at radius 2 is 1.79 bits per heavy atom. The minimum atomic E-state index is -0.906. The summed E-state index contributed by atoms with van der Waals surface area (Å²) < 4.78 is 43.5. The molecule has 0 radical (unpaired) electrons. The predicted molar refractivity (Wildman–Crippen MR) is 180 cm³/mol. The van der Waals surface area contributed by atoms with E-state index in [0.29, 0.717) is 48.4 Å². The molecule has 2 bridgehead atoms. The SMILES string of the molecule is CC(C)(C)OC(=O)N1CC2CCC(C1)N2c1nc(OC[C@@]23CCCN2C[C@H](F)C3)nc2c(F)c(-c3cc(O)cc4ccccc34)ccc12. The van der Waals surface area contributed by atoms with Crippen LogP contribution in [0.15, 0.2) is 48.5 Å². The minimum absolute atomic E-state index is 0.0399. The van der Waals surface area contributed by atoms with Gasteiger partial charge in [0.05, 0.1) is 5.54 Å². The van der Waals surface area contributed by atoms with Crippen LogP contribution in [0.3, 0.4) is 0 Å². The maximum atomic E-state index is 16.9. The van der Waals surface area contributed by atoms with Crippen LogP contribution < -0.4 is 9.64 Å². The first-order valence-corrected chi connectivity index (χ1v) is 17.0. The van der Waals surface area contributed by atoms with Crippen LogP contribution in [0.1, 0.15) is 52.9 Å². The summed E-state index contributed by atoms with van der Waals surface area (Å²) in [6.45, 7) is 7.93. The van der Waals surface area contributed by atoms with Crippen LogP contribution in [0.25, 0.3) is 32.8 Å². The van der Waals surface area contributed by atoms with E-state index in [0.717, 1.165) is 43.0 Å². The number of benzene rings is 3. The lowest BCUT2D eigenvalue weighted by atomic mass is 9.95. The molecular formula is C37H41F2N5O4. The van der Waals surface area contributed by atoms with Gasteiger partial charge in [-0.15, -0.1) is 0 Å². The van der Waals surface area contributed by atoms with Crippen molar-refractivity contribution in [3.63, 3.8) is 0 Å². The van der Waals surface area contributed by atoms with Crippen LogP contribution in [0.2, 0.25) is 0 Å². The van der Waals surface area contributed by atoms with E-state index in [9.17, 15) is 14.3 Å². The van der Waals surface area contributed by atoms with Crippen molar-refractivity contribution in [1.82, 2.24) is 19.8 Å². The highest BCUT2D eigenvalue weighted by atomic mass is 19.1. The van der Waals surface area contributed by atoms with Crippen LogP contribution in [0.5, 0.6) is 11.8 Å². The van der Waals surface area contributed by atoms with Gasteiger partial charge in [-0.3, -0.25) is 4.90 Å². The van der Waals surface area contributed by atoms with Crippen molar-refractivity contribution in [2.75, 3.05) is 37.7 Å². The zero-order valence-corrected chi connectivity index (χ0v) is 27.6. The third-order valence-corrected chi connectivity index (χ3v) is 10.5. The molecule has 5 heterocycles. The molecule has 1 amide bonds. The summed E-state index contributed by atoms with van der Waals surface area (Å²) in [4.78, 5) is 28.8. The molecular weight excluding hydrogens is 616 g/mol. The molecule has 2 unspecified atom stereocenters. The Bertz CT molecular complexity index is 1900. The number of halogens is 2. The van der Waals surface area contributed by atoms with Gasteiger partial charge in [-0.05, 0) is 87.5 Å². The van der Waals surface area contributed by atoms with Crippen LogP contribution >= 0.6 is 0 Å². The molecule has 4 atom stereocenters. The molecule has 8 rings (SSSR count). The lowest BCUT2D eigenvalue weighted by molar-refractivity contribution is 0.0209. The second-order valence-corrected chi connectivity index (χ2v) is 14.9. The summed E-state index contributed by atoms with van der Waals surface area (Å²) in [7, 11) is 0. The van der Waals surface area contributed by atoms with Crippen molar-refractivity contribution in [2.45, 2.75) is 82.3 Å². The van der Waals surface area contributed by atoms with Gasteiger partial charge in [-0.1, -0.05) is 30.3 Å². The highest BCUT2D eigenvalue weighted by Gasteiger charge is 2.50. The number of phenolic OH excluding ortho intramolecular Hbond substituents is 1. The number of rotatable bonds is 5. The second-order valence-electron chi connectivity index (χ2n) is 14.9. The lowest BCUT2D eigenvalue weighted by Crippen LogP contribution is -2.56. The zero-order valence-electron chi connectivity index (χ0n) is 27.6. The largest absolute Gasteiger partial charge is 0.508 e. The van der Waals surface area contributed by atoms with Crippen LogP contribution in [0.4, 0.5) is 19.4 Å². The standard InChI is InChI=1S/C37H41F2N5O4/c1-36(2,3)48-35(46)42-19-24-9-10-25(20-42)44(24)33-29-12-11-28(30-16-26(45)15-22-7-4-5-8-27(22)30)31(39)32(29)40-34(41-33)47-21-37-13-6-14-43(37)18-23(38)17-37/h4-5,7-8,11-12,15-16,23-25,45H,6,9-10,13-14,17-21H2,1-3H3/t23-,24?,25?,37+/m1/s1. The van der Waals surface area contributed by atoms with E-state index in [2.05, 4.69) is 14.8 Å². The molecule has 252 valence electrons. The van der Waals surface area contributed by atoms with Crippen molar-refractivity contribution >= 4 is 33.6 Å². The summed E-state index contributed by atoms with van der Waals surface area (Å²) >= 11 is 0. The van der Waals surface area contributed by atoms with E-state index < -0.39 is 23.1 Å². The number of carbonyl (C=O) groups is 1. The van der Waals surface area contributed by atoms with Gasteiger partial charge in [0.2, 0.25) is 0 Å². The Hall–Kier alpha value is -4.25. The number of aromatic hydroxyl groups is 1. The van der Waals surface area contributed by atoms with Crippen molar-refractivity contribution in [2.24, 2.45) is 0 Å². The molecule has 4 aromatic rings. The van der Waals surface area contributed by atoms with Gasteiger partial charge in [0.15, 0.2) is 5.82 Å². The number of likely N-dealkylation sites (tertiary alicyclic amines) is 1. The molecule has 4 aliphatic rings. The first kappa shape index (κ1) is 31.0. The predicted octanol–water partition coefficient (Wildman–Crippen LogP) is 6.84. The van der Waals surface area contributed by atoms with Gasteiger partial charge >= 0.3 is 12.1 Å². The number of piperazine rings is 1. The molecule has 4 fully saturated rings. The Morgan fingerprint density at radius 1 is 1.02 bits per heavy atom. The minimum Gasteiger partial charge on any atom is -0.508 e. The third-order valence-electron chi connectivity index (χ3n) is 10.5. The summed E-state index contributed by atoms with van der Waals surface area (Å²) in [5.74, 6) is 0.0630. The quantitative estimate of drug-likeness (QED) is 0.250. The number of aromatic nitrogens is 2. The van der Waals surface area contributed by atoms with Crippen molar-refractivity contribution in [1.29, 1.82) is 0 Å². The first-order chi connectivity index (χ1) is 23.0. The monoisotopic (exact) mass is 657 g/mol. The molecule has 1 N–H and O–H groups in total. The van der Waals surface area contributed by atoms with Gasteiger partial charge in [-0.2, -0.15) is 9.97 Å². The average molecular weight is 658 g/mol. The summed E-state index contributed by atoms with van der Waals surface area (Å²) in [6, 6.07) is 14.3. The van der Waals surface area contributed by atoms with E-state index in [-0.39, 0.29) is 42.1 Å². The topological polar surface area (TPSA) is 91.3 Å². The zero-order chi connectivity index (χ0) is 33.4. The smallest absolute Gasteiger partial charge is 0.410 e. The summed E-state index contributed by atoms with van der Waals surface area (Å²) in [5, 5.41) is 12.7. The Kier molecular flexibility index (Phi) is 7.39. The maximum absolute atomic E-state index is 16.9. The number of carbonyl (C=O) groups excluding carboxylic acids is 1. The third kappa shape index (κ3) is 5.36.